The van der Waals surface area contributed by atoms with Crippen LogP contribution in [0.5, 0.6) is 0 Å². The van der Waals surface area contributed by atoms with E-state index in [0.717, 1.165) is 53.5 Å². The number of benzene rings is 1. The van der Waals surface area contributed by atoms with Crippen molar-refractivity contribution in [3.8, 4) is 11.4 Å². The SMILES string of the molecule is Cc1ccc(-c2noc(C34CCC(CC3)CC4)n2)cc1NC(=O)c1cnc2ccccn12. The zero-order chi connectivity index (χ0) is 21.7. The average Bonchev–Trinajstić information content (AvgIpc) is 3.50. The van der Waals surface area contributed by atoms with Gasteiger partial charge in [-0.25, -0.2) is 4.98 Å². The number of carbonyl (C=O) groups excluding carboxylic acids is 1. The molecular weight excluding hydrogens is 402 g/mol. The van der Waals surface area contributed by atoms with Crippen LogP contribution in [0.1, 0.15) is 60.5 Å². The molecule has 3 aliphatic rings. The molecule has 1 N–H and O–H groups in total. The lowest BCUT2D eigenvalue weighted by Gasteiger charge is -2.43. The van der Waals surface area contributed by atoms with Crippen LogP contribution in [-0.2, 0) is 5.41 Å². The van der Waals surface area contributed by atoms with Crippen LogP contribution in [0.25, 0.3) is 17.0 Å². The van der Waals surface area contributed by atoms with Crippen molar-refractivity contribution in [3.05, 3.63) is 65.9 Å². The molecule has 0 aliphatic heterocycles. The average molecular weight is 428 g/mol. The Labute approximate surface area is 185 Å². The first-order chi connectivity index (χ1) is 15.6. The third kappa shape index (κ3) is 3.11. The van der Waals surface area contributed by atoms with Gasteiger partial charge >= 0.3 is 0 Å². The number of aromatic nitrogens is 4. The number of hydrogen-bond acceptors (Lipinski definition) is 5. The van der Waals surface area contributed by atoms with Gasteiger partial charge in [-0.2, -0.15) is 4.98 Å². The van der Waals surface area contributed by atoms with E-state index in [1.54, 1.807) is 10.6 Å². The summed E-state index contributed by atoms with van der Waals surface area (Å²) in [6.45, 7) is 1.97. The Balaban J connectivity index is 1.28. The van der Waals surface area contributed by atoms with E-state index in [-0.39, 0.29) is 11.3 Å². The Kier molecular flexibility index (Phi) is 4.38. The zero-order valence-electron chi connectivity index (χ0n) is 18.0. The minimum Gasteiger partial charge on any atom is -0.338 e. The summed E-state index contributed by atoms with van der Waals surface area (Å²) in [5.41, 5.74) is 3.80. The standard InChI is InChI=1S/C25H25N5O2/c1-16-5-6-18(22-28-24(32-29-22)25-10-7-17(8-11-25)9-12-25)14-19(16)27-23(31)20-15-26-21-4-2-3-13-30(20)21/h2-6,13-15,17H,7-12H2,1H3,(H,27,31). The molecule has 3 fully saturated rings. The second-order valence-corrected chi connectivity index (χ2v) is 9.24. The van der Waals surface area contributed by atoms with Crippen molar-refractivity contribution in [3.63, 3.8) is 0 Å². The molecule has 7 rings (SSSR count). The van der Waals surface area contributed by atoms with E-state index < -0.39 is 0 Å². The number of imidazole rings is 1. The topological polar surface area (TPSA) is 85.3 Å². The van der Waals surface area contributed by atoms with Crippen LogP contribution in [0.2, 0.25) is 0 Å². The second kappa shape index (κ2) is 7.29. The van der Waals surface area contributed by atoms with Crippen LogP contribution in [0.4, 0.5) is 5.69 Å². The van der Waals surface area contributed by atoms with Crippen LogP contribution >= 0.6 is 0 Å². The van der Waals surface area contributed by atoms with Gasteiger partial charge in [0.15, 0.2) is 0 Å². The highest BCUT2D eigenvalue weighted by Gasteiger charge is 2.45. The molecule has 0 unspecified atom stereocenters. The second-order valence-electron chi connectivity index (χ2n) is 9.24. The third-order valence-corrected chi connectivity index (χ3v) is 7.37. The van der Waals surface area contributed by atoms with Crippen molar-refractivity contribution in [2.45, 2.75) is 50.9 Å². The van der Waals surface area contributed by atoms with Gasteiger partial charge in [-0.15, -0.1) is 0 Å². The van der Waals surface area contributed by atoms with Gasteiger partial charge in [0.1, 0.15) is 11.3 Å². The minimum atomic E-state index is -0.212. The maximum Gasteiger partial charge on any atom is 0.274 e. The smallest absolute Gasteiger partial charge is 0.274 e. The Bertz CT molecular complexity index is 1300. The Morgan fingerprint density at radius 2 is 1.97 bits per heavy atom. The molecule has 4 aromatic rings. The lowest BCUT2D eigenvalue weighted by Crippen LogP contribution is -2.37. The number of pyridine rings is 1. The summed E-state index contributed by atoms with van der Waals surface area (Å²) in [5, 5.41) is 7.32. The largest absolute Gasteiger partial charge is 0.338 e. The molecule has 3 saturated carbocycles. The normalized spacial score (nSPS) is 22.3. The van der Waals surface area contributed by atoms with Gasteiger partial charge in [0, 0.05) is 22.9 Å². The Hall–Kier alpha value is -3.48. The number of rotatable bonds is 4. The molecule has 3 aliphatic carbocycles. The van der Waals surface area contributed by atoms with E-state index in [2.05, 4.69) is 15.5 Å². The van der Waals surface area contributed by atoms with Crippen LogP contribution in [-0.4, -0.2) is 25.4 Å². The number of nitrogens with zero attached hydrogens (tertiary/aromatic N) is 4. The summed E-state index contributed by atoms with van der Waals surface area (Å²) in [4.78, 5) is 22.1. The summed E-state index contributed by atoms with van der Waals surface area (Å²) in [5.74, 6) is 2.03. The van der Waals surface area contributed by atoms with Gasteiger partial charge in [-0.05, 0) is 75.1 Å². The van der Waals surface area contributed by atoms with Crippen molar-refractivity contribution in [1.82, 2.24) is 19.5 Å². The molecule has 0 saturated heterocycles. The van der Waals surface area contributed by atoms with E-state index in [9.17, 15) is 4.79 Å². The van der Waals surface area contributed by atoms with Crippen molar-refractivity contribution in [1.29, 1.82) is 0 Å². The fourth-order valence-electron chi connectivity index (χ4n) is 5.31. The number of hydrogen-bond donors (Lipinski definition) is 1. The lowest BCUT2D eigenvalue weighted by molar-refractivity contribution is 0.102. The molecule has 2 bridgehead atoms. The van der Waals surface area contributed by atoms with Crippen LogP contribution in [0, 0.1) is 12.8 Å². The molecular formula is C25H25N5O2. The molecule has 1 aromatic carbocycles. The number of amides is 1. The zero-order valence-corrected chi connectivity index (χ0v) is 18.0. The van der Waals surface area contributed by atoms with Crippen molar-refractivity contribution in [2.24, 2.45) is 5.92 Å². The highest BCUT2D eigenvalue weighted by molar-refractivity contribution is 6.04. The van der Waals surface area contributed by atoms with Gasteiger partial charge in [0.25, 0.3) is 5.91 Å². The maximum atomic E-state index is 13.0. The van der Waals surface area contributed by atoms with Crippen LogP contribution in [0.15, 0.2) is 53.3 Å². The van der Waals surface area contributed by atoms with Gasteiger partial charge in [0.05, 0.1) is 6.20 Å². The fourth-order valence-corrected chi connectivity index (χ4v) is 5.31. The summed E-state index contributed by atoms with van der Waals surface area (Å²) in [7, 11) is 0. The number of anilines is 1. The first-order valence-electron chi connectivity index (χ1n) is 11.3. The molecule has 0 spiro atoms. The van der Waals surface area contributed by atoms with E-state index in [1.165, 1.54) is 19.3 Å². The Morgan fingerprint density at radius 3 is 2.78 bits per heavy atom. The van der Waals surface area contributed by atoms with Crippen molar-refractivity contribution < 1.29 is 9.32 Å². The molecule has 7 nitrogen and oxygen atoms in total. The van der Waals surface area contributed by atoms with Gasteiger partial charge in [-0.1, -0.05) is 23.4 Å². The summed E-state index contributed by atoms with van der Waals surface area (Å²) in [6.07, 6.45) is 10.7. The first kappa shape index (κ1) is 19.2. The number of fused-ring (bicyclic) bond motifs is 4. The van der Waals surface area contributed by atoms with E-state index in [1.807, 2.05) is 49.5 Å². The van der Waals surface area contributed by atoms with E-state index in [0.29, 0.717) is 11.5 Å². The summed E-state index contributed by atoms with van der Waals surface area (Å²) < 4.78 is 7.55. The molecule has 0 atom stereocenters. The number of aryl methyl sites for hydroxylation is 1. The van der Waals surface area contributed by atoms with Crippen LogP contribution in [0.3, 0.4) is 0 Å². The summed E-state index contributed by atoms with van der Waals surface area (Å²) >= 11 is 0. The molecule has 1 amide bonds. The van der Waals surface area contributed by atoms with Gasteiger partial charge in [0.2, 0.25) is 11.7 Å². The Morgan fingerprint density at radius 1 is 1.16 bits per heavy atom. The monoisotopic (exact) mass is 427 g/mol. The third-order valence-electron chi connectivity index (χ3n) is 7.37. The van der Waals surface area contributed by atoms with Crippen molar-refractivity contribution >= 4 is 17.2 Å². The van der Waals surface area contributed by atoms with Gasteiger partial charge < -0.3 is 9.84 Å². The predicted molar refractivity (Wildman–Crippen MR) is 120 cm³/mol. The molecule has 3 heterocycles. The highest BCUT2D eigenvalue weighted by atomic mass is 16.5. The molecule has 3 aromatic heterocycles. The highest BCUT2D eigenvalue weighted by Crippen LogP contribution is 2.51. The molecule has 7 heteroatoms. The molecule has 162 valence electrons. The maximum absolute atomic E-state index is 13.0. The summed E-state index contributed by atoms with van der Waals surface area (Å²) in [6, 6.07) is 11.5. The van der Waals surface area contributed by atoms with E-state index >= 15 is 0 Å². The quantitative estimate of drug-likeness (QED) is 0.486. The lowest BCUT2D eigenvalue weighted by atomic mass is 9.60. The molecule has 0 radical (unpaired) electrons. The minimum absolute atomic E-state index is 0.0603. The van der Waals surface area contributed by atoms with Gasteiger partial charge in [-0.3, -0.25) is 9.20 Å². The van der Waals surface area contributed by atoms with E-state index in [4.69, 9.17) is 9.51 Å². The van der Waals surface area contributed by atoms with Crippen molar-refractivity contribution in [2.75, 3.05) is 5.32 Å². The first-order valence-corrected chi connectivity index (χ1v) is 11.3. The number of nitrogens with one attached hydrogen (secondary N) is 1. The number of carbonyl (C=O) groups is 1. The van der Waals surface area contributed by atoms with Crippen LogP contribution < -0.4 is 5.32 Å². The predicted octanol–water partition coefficient (Wildman–Crippen LogP) is 5.17. The molecule has 32 heavy (non-hydrogen) atoms. The fraction of sp³-hybridized carbons (Fsp3) is 0.360.